The number of nitrogens with zero attached hydrogens (tertiary/aromatic N) is 4. The van der Waals surface area contributed by atoms with Crippen molar-refractivity contribution in [3.8, 4) is 11.3 Å². The van der Waals surface area contributed by atoms with Crippen LogP contribution in [0, 0.1) is 3.70 Å². The van der Waals surface area contributed by atoms with Crippen LogP contribution in [-0.4, -0.2) is 46.5 Å². The zero-order valence-corrected chi connectivity index (χ0v) is 14.8. The van der Waals surface area contributed by atoms with Crippen LogP contribution in [0.5, 0.6) is 0 Å². The van der Waals surface area contributed by atoms with E-state index < -0.39 is 0 Å². The van der Waals surface area contributed by atoms with Crippen LogP contribution in [0.15, 0.2) is 42.7 Å². The molecule has 1 aromatic carbocycles. The van der Waals surface area contributed by atoms with Crippen molar-refractivity contribution in [3.63, 3.8) is 0 Å². The Morgan fingerprint density at radius 1 is 1.23 bits per heavy atom. The minimum absolute atomic E-state index is 0.824. The van der Waals surface area contributed by atoms with Gasteiger partial charge in [-0.2, -0.15) is 0 Å². The number of nitrogens with one attached hydrogen (secondary N) is 1. The third-order valence-corrected chi connectivity index (χ3v) is 4.41. The quantitative estimate of drug-likeness (QED) is 0.661. The van der Waals surface area contributed by atoms with Crippen molar-refractivity contribution in [1.29, 1.82) is 0 Å². The normalized spacial score (nSPS) is 11.3. The van der Waals surface area contributed by atoms with Crippen LogP contribution in [0.2, 0.25) is 0 Å². The fraction of sp³-hybridized carbons (Fsp3) is 0.250. The topological polar surface area (TPSA) is 45.5 Å². The molecule has 2 heterocycles. The van der Waals surface area contributed by atoms with Crippen molar-refractivity contribution in [3.05, 3.63) is 46.4 Å². The summed E-state index contributed by atoms with van der Waals surface area (Å²) in [4.78, 5) is 11.4. The predicted octanol–water partition coefficient (Wildman–Crippen LogP) is 2.97. The van der Waals surface area contributed by atoms with Crippen molar-refractivity contribution in [2.45, 2.75) is 0 Å². The summed E-state index contributed by atoms with van der Waals surface area (Å²) in [5.74, 6) is 0.824. The van der Waals surface area contributed by atoms with Gasteiger partial charge >= 0.3 is 0 Å². The molecular formula is C16H18IN5. The van der Waals surface area contributed by atoms with Gasteiger partial charge in [0.1, 0.15) is 9.39 Å². The average molecular weight is 407 g/mol. The van der Waals surface area contributed by atoms with E-state index in [9.17, 15) is 0 Å². The molecule has 0 amide bonds. The molecule has 0 unspecified atom stereocenters. The minimum Gasteiger partial charge on any atom is -0.366 e. The molecular weight excluding hydrogens is 389 g/mol. The minimum atomic E-state index is 0.824. The van der Waals surface area contributed by atoms with Crippen LogP contribution >= 0.6 is 22.6 Å². The molecule has 0 fully saturated rings. The summed E-state index contributed by atoms with van der Waals surface area (Å²) in [5.41, 5.74) is 2.98. The molecule has 0 saturated heterocycles. The Hall–Kier alpha value is -1.67. The lowest BCUT2D eigenvalue weighted by molar-refractivity contribution is 0.425. The van der Waals surface area contributed by atoms with Gasteiger partial charge < -0.3 is 10.2 Å². The monoisotopic (exact) mass is 407 g/mol. The molecule has 0 spiro atoms. The van der Waals surface area contributed by atoms with Gasteiger partial charge in [-0.3, -0.25) is 4.40 Å². The molecule has 5 nitrogen and oxygen atoms in total. The highest BCUT2D eigenvalue weighted by atomic mass is 127. The van der Waals surface area contributed by atoms with Crippen LogP contribution in [0.3, 0.4) is 0 Å². The van der Waals surface area contributed by atoms with Crippen LogP contribution in [0.25, 0.3) is 16.9 Å². The Kier molecular flexibility index (Phi) is 4.58. The van der Waals surface area contributed by atoms with E-state index in [1.807, 2.05) is 30.6 Å². The van der Waals surface area contributed by atoms with Gasteiger partial charge in [-0.05, 0) is 36.7 Å². The molecule has 3 rings (SSSR count). The summed E-state index contributed by atoms with van der Waals surface area (Å²) in [6, 6.07) is 10.2. The Bertz CT molecular complexity index is 767. The Balaban J connectivity index is 1.99. The van der Waals surface area contributed by atoms with E-state index in [1.54, 1.807) is 0 Å². The highest BCUT2D eigenvalue weighted by Gasteiger charge is 2.14. The molecule has 22 heavy (non-hydrogen) atoms. The van der Waals surface area contributed by atoms with Crippen molar-refractivity contribution in [1.82, 2.24) is 19.3 Å². The fourth-order valence-electron chi connectivity index (χ4n) is 2.25. The lowest BCUT2D eigenvalue weighted by Crippen LogP contribution is -2.21. The Morgan fingerprint density at radius 2 is 2.00 bits per heavy atom. The first-order valence-electron chi connectivity index (χ1n) is 7.13. The van der Waals surface area contributed by atoms with E-state index in [-0.39, 0.29) is 0 Å². The summed E-state index contributed by atoms with van der Waals surface area (Å²) < 4.78 is 3.17. The molecule has 0 saturated carbocycles. The number of benzene rings is 1. The fourth-order valence-corrected chi connectivity index (χ4v) is 3.07. The van der Waals surface area contributed by atoms with Gasteiger partial charge in [0, 0.05) is 31.0 Å². The maximum absolute atomic E-state index is 4.80. The van der Waals surface area contributed by atoms with Gasteiger partial charge in [0.25, 0.3) is 0 Å². The number of fused-ring (bicyclic) bond motifs is 1. The van der Waals surface area contributed by atoms with Gasteiger partial charge in [0.05, 0.1) is 0 Å². The van der Waals surface area contributed by atoms with Crippen molar-refractivity contribution in [2.75, 3.05) is 32.5 Å². The first-order valence-corrected chi connectivity index (χ1v) is 8.21. The SMILES string of the molecule is CN(C)CCNc1nccn2c(I)c(-c3ccccc3)nc12. The zero-order valence-electron chi connectivity index (χ0n) is 12.6. The number of likely N-dealkylation sites (N-methyl/N-ethyl adjacent to an activating group) is 1. The third-order valence-electron chi connectivity index (χ3n) is 3.38. The lowest BCUT2D eigenvalue weighted by atomic mass is 10.2. The maximum atomic E-state index is 4.80. The number of hydrogen-bond donors (Lipinski definition) is 1. The van der Waals surface area contributed by atoms with Gasteiger partial charge in [-0.15, -0.1) is 0 Å². The Labute approximate surface area is 143 Å². The molecule has 114 valence electrons. The van der Waals surface area contributed by atoms with E-state index in [1.165, 1.54) is 0 Å². The standard InChI is InChI=1S/C16H18IN5/c1-21(2)10-8-18-15-16-20-13(12-6-4-3-5-7-12)14(17)22(16)11-9-19-15/h3-7,9,11H,8,10H2,1-2H3,(H,18,19). The number of hydrogen-bond acceptors (Lipinski definition) is 4. The second-order valence-electron chi connectivity index (χ2n) is 5.32. The van der Waals surface area contributed by atoms with Gasteiger partial charge in [-0.25, -0.2) is 9.97 Å². The van der Waals surface area contributed by atoms with E-state index in [0.717, 1.165) is 39.5 Å². The third kappa shape index (κ3) is 3.07. The first-order chi connectivity index (χ1) is 10.7. The summed E-state index contributed by atoms with van der Waals surface area (Å²) in [7, 11) is 4.11. The molecule has 3 aromatic rings. The zero-order chi connectivity index (χ0) is 15.5. The predicted molar refractivity (Wildman–Crippen MR) is 98.2 cm³/mol. The molecule has 0 aliphatic carbocycles. The van der Waals surface area contributed by atoms with Crippen LogP contribution in [0.4, 0.5) is 5.82 Å². The number of aromatic nitrogens is 3. The summed E-state index contributed by atoms with van der Waals surface area (Å²) in [6.07, 6.45) is 3.76. The average Bonchev–Trinajstić information content (AvgIpc) is 2.86. The van der Waals surface area contributed by atoms with E-state index in [4.69, 9.17) is 4.98 Å². The largest absolute Gasteiger partial charge is 0.366 e. The Morgan fingerprint density at radius 3 is 2.73 bits per heavy atom. The molecule has 0 aliphatic rings. The van der Waals surface area contributed by atoms with E-state index in [0.29, 0.717) is 0 Å². The second-order valence-corrected chi connectivity index (χ2v) is 6.34. The molecule has 0 radical (unpaired) electrons. The number of halogens is 1. The van der Waals surface area contributed by atoms with Gasteiger partial charge in [-0.1, -0.05) is 30.3 Å². The first kappa shape index (κ1) is 15.2. The smallest absolute Gasteiger partial charge is 0.181 e. The van der Waals surface area contributed by atoms with Crippen LogP contribution in [-0.2, 0) is 0 Å². The highest BCUT2D eigenvalue weighted by Crippen LogP contribution is 2.27. The van der Waals surface area contributed by atoms with Crippen molar-refractivity contribution < 1.29 is 0 Å². The van der Waals surface area contributed by atoms with Gasteiger partial charge in [0.2, 0.25) is 0 Å². The maximum Gasteiger partial charge on any atom is 0.181 e. The molecule has 0 atom stereocenters. The van der Waals surface area contributed by atoms with E-state index >= 15 is 0 Å². The highest BCUT2D eigenvalue weighted by molar-refractivity contribution is 14.1. The van der Waals surface area contributed by atoms with E-state index in [2.05, 4.69) is 68.4 Å². The number of rotatable bonds is 5. The molecule has 1 N–H and O–H groups in total. The molecule has 2 aromatic heterocycles. The van der Waals surface area contributed by atoms with Crippen LogP contribution in [0.1, 0.15) is 0 Å². The van der Waals surface area contributed by atoms with Gasteiger partial charge in [0.15, 0.2) is 11.5 Å². The molecule has 0 aliphatic heterocycles. The lowest BCUT2D eigenvalue weighted by Gasteiger charge is -2.11. The number of anilines is 1. The van der Waals surface area contributed by atoms with Crippen molar-refractivity contribution >= 4 is 34.1 Å². The van der Waals surface area contributed by atoms with Crippen molar-refractivity contribution in [2.24, 2.45) is 0 Å². The molecule has 6 heteroatoms. The number of imidazole rings is 1. The summed E-state index contributed by atoms with van der Waals surface area (Å²) in [5, 5.41) is 3.37. The second kappa shape index (κ2) is 6.62. The summed E-state index contributed by atoms with van der Waals surface area (Å²) in [6.45, 7) is 1.79. The molecule has 0 bridgehead atoms. The summed E-state index contributed by atoms with van der Waals surface area (Å²) >= 11 is 2.34. The van der Waals surface area contributed by atoms with Crippen LogP contribution < -0.4 is 5.32 Å².